The molecule has 0 spiro atoms. The van der Waals surface area contributed by atoms with Crippen molar-refractivity contribution in [3.05, 3.63) is 36.0 Å². The summed E-state index contributed by atoms with van der Waals surface area (Å²) < 4.78 is 4.98. The van der Waals surface area contributed by atoms with Crippen molar-refractivity contribution in [3.63, 3.8) is 0 Å². The van der Waals surface area contributed by atoms with Gasteiger partial charge in [-0.2, -0.15) is 11.8 Å². The molecule has 0 saturated carbocycles. The fourth-order valence-corrected chi connectivity index (χ4v) is 2.66. The quantitative estimate of drug-likeness (QED) is 0.616. The number of hydrogen-bond acceptors (Lipinski definition) is 3. The zero-order chi connectivity index (χ0) is 12.8. The first-order chi connectivity index (χ1) is 8.83. The first kappa shape index (κ1) is 13.2. The van der Waals surface area contributed by atoms with Crippen LogP contribution in [0.2, 0.25) is 0 Å². The van der Waals surface area contributed by atoms with E-state index in [1.807, 2.05) is 30.5 Å². The van der Waals surface area contributed by atoms with Crippen LogP contribution in [0, 0.1) is 0 Å². The van der Waals surface area contributed by atoms with Gasteiger partial charge in [0.2, 0.25) is 0 Å². The summed E-state index contributed by atoms with van der Waals surface area (Å²) in [6, 6.07) is 7.89. The number of aromatic amines is 1. The largest absolute Gasteiger partial charge is 0.385 e. The molecule has 0 aliphatic carbocycles. The van der Waals surface area contributed by atoms with Crippen molar-refractivity contribution in [1.82, 2.24) is 4.98 Å². The summed E-state index contributed by atoms with van der Waals surface area (Å²) >= 11 is 1.66. The summed E-state index contributed by atoms with van der Waals surface area (Å²) in [6.07, 6.45) is 2.80. The number of ketones is 1. The van der Waals surface area contributed by atoms with Crippen LogP contribution in [0.5, 0.6) is 0 Å². The Hall–Kier alpha value is -1.26. The third-order valence-electron chi connectivity index (χ3n) is 2.76. The highest BCUT2D eigenvalue weighted by Gasteiger charge is 2.11. The molecule has 0 saturated heterocycles. The number of fused-ring (bicyclic) bond motifs is 1. The van der Waals surface area contributed by atoms with Crippen LogP contribution in [0.25, 0.3) is 10.9 Å². The van der Waals surface area contributed by atoms with Crippen LogP contribution in [0.3, 0.4) is 0 Å². The van der Waals surface area contributed by atoms with Crippen molar-refractivity contribution >= 4 is 28.4 Å². The van der Waals surface area contributed by atoms with Crippen molar-refractivity contribution < 1.29 is 9.53 Å². The van der Waals surface area contributed by atoms with Crippen molar-refractivity contribution in [2.75, 3.05) is 25.2 Å². The second-order valence-corrected chi connectivity index (χ2v) is 5.18. The third-order valence-corrected chi connectivity index (χ3v) is 3.80. The standard InChI is InChI=1S/C14H17NO2S/c1-17-7-4-8-18-10-14(16)12-9-15-13-6-3-2-5-11(12)13/h2-3,5-6,9,15H,4,7-8,10H2,1H3. The number of Topliss-reactive ketones (excluding diaryl/α,β-unsaturated/α-hetero) is 1. The topological polar surface area (TPSA) is 42.1 Å². The molecular formula is C14H17NO2S. The summed E-state index contributed by atoms with van der Waals surface area (Å²) in [7, 11) is 1.70. The number of H-pyrrole nitrogens is 1. The number of nitrogens with one attached hydrogen (secondary N) is 1. The number of aromatic nitrogens is 1. The Morgan fingerprint density at radius 3 is 3.06 bits per heavy atom. The smallest absolute Gasteiger partial charge is 0.174 e. The van der Waals surface area contributed by atoms with E-state index in [1.54, 1.807) is 18.9 Å². The number of para-hydroxylation sites is 1. The van der Waals surface area contributed by atoms with E-state index in [1.165, 1.54) is 0 Å². The zero-order valence-electron chi connectivity index (χ0n) is 10.4. The van der Waals surface area contributed by atoms with Crippen molar-refractivity contribution in [1.29, 1.82) is 0 Å². The van der Waals surface area contributed by atoms with Gasteiger partial charge in [0.1, 0.15) is 0 Å². The molecular weight excluding hydrogens is 246 g/mol. The van der Waals surface area contributed by atoms with Gasteiger partial charge >= 0.3 is 0 Å². The minimum Gasteiger partial charge on any atom is -0.385 e. The maximum atomic E-state index is 12.1. The normalized spacial score (nSPS) is 10.9. The van der Waals surface area contributed by atoms with E-state index in [2.05, 4.69) is 4.98 Å². The SMILES string of the molecule is COCCCSCC(=O)c1c[nH]c2ccccc12. The lowest BCUT2D eigenvalue weighted by molar-refractivity contribution is 0.102. The van der Waals surface area contributed by atoms with Crippen LogP contribution in [0.1, 0.15) is 16.8 Å². The Kier molecular flexibility index (Phi) is 4.84. The van der Waals surface area contributed by atoms with Gasteiger partial charge in [-0.3, -0.25) is 4.79 Å². The van der Waals surface area contributed by atoms with E-state index >= 15 is 0 Å². The Balaban J connectivity index is 1.93. The fraction of sp³-hybridized carbons (Fsp3) is 0.357. The molecule has 0 atom stereocenters. The van der Waals surface area contributed by atoms with Gasteiger partial charge in [0.15, 0.2) is 5.78 Å². The highest BCUT2D eigenvalue weighted by molar-refractivity contribution is 7.99. The van der Waals surface area contributed by atoms with E-state index in [0.29, 0.717) is 5.75 Å². The van der Waals surface area contributed by atoms with E-state index in [9.17, 15) is 4.79 Å². The lowest BCUT2D eigenvalue weighted by Gasteiger charge is -2.00. The maximum Gasteiger partial charge on any atom is 0.174 e. The molecule has 0 aliphatic rings. The van der Waals surface area contributed by atoms with Crippen LogP contribution in [0.4, 0.5) is 0 Å². The highest BCUT2D eigenvalue weighted by Crippen LogP contribution is 2.19. The molecule has 2 rings (SSSR count). The molecule has 0 fully saturated rings. The highest BCUT2D eigenvalue weighted by atomic mass is 32.2. The lowest BCUT2D eigenvalue weighted by Crippen LogP contribution is -2.02. The Bertz CT molecular complexity index is 521. The lowest BCUT2D eigenvalue weighted by atomic mass is 10.1. The molecule has 1 N–H and O–H groups in total. The molecule has 0 radical (unpaired) electrons. The summed E-state index contributed by atoms with van der Waals surface area (Å²) in [6.45, 7) is 0.758. The Labute approximate surface area is 111 Å². The summed E-state index contributed by atoms with van der Waals surface area (Å²) in [4.78, 5) is 15.2. The summed E-state index contributed by atoms with van der Waals surface area (Å²) in [5.74, 6) is 1.68. The molecule has 0 amide bonds. The van der Waals surface area contributed by atoms with E-state index < -0.39 is 0 Å². The molecule has 1 heterocycles. The van der Waals surface area contributed by atoms with E-state index in [0.717, 1.165) is 35.2 Å². The number of ether oxygens (including phenoxy) is 1. The third kappa shape index (κ3) is 3.15. The molecule has 18 heavy (non-hydrogen) atoms. The van der Waals surface area contributed by atoms with Gasteiger partial charge in [0, 0.05) is 36.4 Å². The van der Waals surface area contributed by atoms with E-state index in [4.69, 9.17) is 4.74 Å². The fourth-order valence-electron chi connectivity index (χ4n) is 1.85. The van der Waals surface area contributed by atoms with Crippen LogP contribution < -0.4 is 0 Å². The van der Waals surface area contributed by atoms with Gasteiger partial charge in [-0.15, -0.1) is 0 Å². The van der Waals surface area contributed by atoms with Crippen LogP contribution >= 0.6 is 11.8 Å². The predicted octanol–water partition coefficient (Wildman–Crippen LogP) is 3.12. The first-order valence-corrected chi connectivity index (χ1v) is 7.14. The molecule has 4 heteroatoms. The minimum atomic E-state index is 0.190. The zero-order valence-corrected chi connectivity index (χ0v) is 11.3. The number of benzene rings is 1. The number of carbonyl (C=O) groups excluding carboxylic acids is 1. The molecule has 1 aromatic heterocycles. The minimum absolute atomic E-state index is 0.190. The monoisotopic (exact) mass is 263 g/mol. The van der Waals surface area contributed by atoms with Crippen LogP contribution in [0.15, 0.2) is 30.5 Å². The number of hydrogen-bond donors (Lipinski definition) is 1. The molecule has 96 valence electrons. The molecule has 1 aromatic carbocycles. The van der Waals surface area contributed by atoms with Gasteiger partial charge in [-0.1, -0.05) is 18.2 Å². The second-order valence-electron chi connectivity index (χ2n) is 4.07. The maximum absolute atomic E-state index is 12.1. The van der Waals surface area contributed by atoms with Crippen LogP contribution in [-0.4, -0.2) is 36.0 Å². The summed E-state index contributed by atoms with van der Waals surface area (Å²) in [5, 5.41) is 1.01. The number of methoxy groups -OCH3 is 1. The van der Waals surface area contributed by atoms with Crippen molar-refractivity contribution in [3.8, 4) is 0 Å². The molecule has 3 nitrogen and oxygen atoms in total. The van der Waals surface area contributed by atoms with Crippen LogP contribution in [-0.2, 0) is 4.74 Å². The number of rotatable bonds is 7. The average molecular weight is 263 g/mol. The molecule has 0 aliphatic heterocycles. The molecule has 0 bridgehead atoms. The Morgan fingerprint density at radius 2 is 2.22 bits per heavy atom. The van der Waals surface area contributed by atoms with Gasteiger partial charge in [0.05, 0.1) is 5.75 Å². The van der Waals surface area contributed by atoms with E-state index in [-0.39, 0.29) is 5.78 Å². The Morgan fingerprint density at radius 1 is 1.39 bits per heavy atom. The van der Waals surface area contributed by atoms with Crippen molar-refractivity contribution in [2.24, 2.45) is 0 Å². The van der Waals surface area contributed by atoms with Crippen molar-refractivity contribution in [2.45, 2.75) is 6.42 Å². The predicted molar refractivity (Wildman–Crippen MR) is 76.4 cm³/mol. The second kappa shape index (κ2) is 6.61. The van der Waals surface area contributed by atoms with Gasteiger partial charge in [0.25, 0.3) is 0 Å². The van der Waals surface area contributed by atoms with Gasteiger partial charge in [-0.25, -0.2) is 0 Å². The number of carbonyl (C=O) groups is 1. The summed E-state index contributed by atoms with van der Waals surface area (Å²) in [5.41, 5.74) is 1.81. The average Bonchev–Trinajstić information content (AvgIpc) is 2.82. The van der Waals surface area contributed by atoms with Gasteiger partial charge < -0.3 is 9.72 Å². The van der Waals surface area contributed by atoms with Gasteiger partial charge in [-0.05, 0) is 18.2 Å². The first-order valence-electron chi connectivity index (χ1n) is 5.99. The molecule has 2 aromatic rings. The molecule has 0 unspecified atom stereocenters. The number of thioether (sulfide) groups is 1.